The summed E-state index contributed by atoms with van der Waals surface area (Å²) in [6.45, 7) is -4.68. The Balaban J connectivity index is 7.54. The fraction of sp³-hybridized carbons (Fsp3) is 1.00. The zero-order valence-corrected chi connectivity index (χ0v) is 23.2. The molecule has 0 aliphatic carbocycles. The van der Waals surface area contributed by atoms with Gasteiger partial charge in [-0.3, -0.25) is 0 Å². The van der Waals surface area contributed by atoms with Crippen molar-refractivity contribution in [1.29, 1.82) is 0 Å². The van der Waals surface area contributed by atoms with Gasteiger partial charge >= 0.3 is 70.7 Å². The average molecular weight is 815 g/mol. The van der Waals surface area contributed by atoms with E-state index in [4.69, 9.17) is 10.2 Å². The Morgan fingerprint density at radius 2 is 0.735 bits per heavy atom. The predicted molar refractivity (Wildman–Crippen MR) is 104 cm³/mol. The molecule has 5 nitrogen and oxygen atoms in total. The van der Waals surface area contributed by atoms with E-state index in [0.29, 0.717) is 0 Å². The summed E-state index contributed by atoms with van der Waals surface area (Å²) < 4.78 is 362. The zero-order chi connectivity index (χ0) is 40.5. The third-order valence-corrected chi connectivity index (χ3v) is 7.95. The number of hydrogen-bond donors (Lipinski definition) is 2. The van der Waals surface area contributed by atoms with Gasteiger partial charge in [0.25, 0.3) is 10.0 Å². The lowest BCUT2D eigenvalue weighted by Crippen LogP contribution is -2.78. The van der Waals surface area contributed by atoms with Gasteiger partial charge in [0.2, 0.25) is 0 Å². The van der Waals surface area contributed by atoms with Crippen molar-refractivity contribution in [2.24, 2.45) is 0 Å². The third kappa shape index (κ3) is 6.11. The number of halogens is 25. The molecule has 0 heterocycles. The number of aliphatic hydroxyl groups is 2. The van der Waals surface area contributed by atoms with E-state index in [1.54, 1.807) is 0 Å². The van der Waals surface area contributed by atoms with Crippen LogP contribution in [0.3, 0.4) is 0 Å². The van der Waals surface area contributed by atoms with E-state index < -0.39 is 117 Å². The van der Waals surface area contributed by atoms with E-state index in [0.717, 1.165) is 6.92 Å². The van der Waals surface area contributed by atoms with Crippen LogP contribution in [-0.2, 0) is 10.0 Å². The van der Waals surface area contributed by atoms with Crippen molar-refractivity contribution < 1.29 is 128 Å². The monoisotopic (exact) mass is 815 g/mol. The molecule has 1 unspecified atom stereocenters. The largest absolute Gasteiger partial charge is 0.460 e. The maximum atomic E-state index is 14.4. The molecule has 31 heteroatoms. The van der Waals surface area contributed by atoms with Crippen LogP contribution in [0.2, 0.25) is 0 Å². The lowest BCUT2D eigenvalue weighted by molar-refractivity contribution is -0.480. The number of alkyl halides is 25. The molecule has 2 N–H and O–H groups in total. The standard InChI is InChI=1S/C18H14F25NO4S/c1-2-3-44(4-6(46)5-45)49(47,48)18(42,43)16(37,38)14(33,34)12(29,30)10(25,26)8(21,22)7(19,20)9(23,24)11(27,28)13(31,32)15(35,36)17(39,40)41/h6,45-46H,2-5H2,1H3. The smallest absolute Gasteiger partial charge is 0.394 e. The molecule has 0 rings (SSSR count). The fourth-order valence-electron chi connectivity index (χ4n) is 3.11. The molecule has 0 saturated carbocycles. The van der Waals surface area contributed by atoms with Crippen LogP contribution in [0.5, 0.6) is 0 Å². The molecular formula is C18H14F25NO4S. The van der Waals surface area contributed by atoms with Gasteiger partial charge in [0.05, 0.1) is 12.7 Å². The van der Waals surface area contributed by atoms with Crippen molar-refractivity contribution in [3.8, 4) is 0 Å². The molecule has 0 aromatic rings. The molecular weight excluding hydrogens is 801 g/mol. The molecule has 0 aromatic carbocycles. The summed E-state index contributed by atoms with van der Waals surface area (Å²) in [5.41, 5.74) is 0. The first kappa shape index (κ1) is 47.1. The Labute approximate surface area is 253 Å². The Kier molecular flexibility index (Phi) is 12.1. The molecule has 0 spiro atoms. The Morgan fingerprint density at radius 1 is 0.490 bits per heavy atom. The topological polar surface area (TPSA) is 77.8 Å². The molecule has 0 fully saturated rings. The highest BCUT2D eigenvalue weighted by Crippen LogP contribution is 2.68. The number of hydrogen-bond acceptors (Lipinski definition) is 4. The van der Waals surface area contributed by atoms with Gasteiger partial charge in [-0.2, -0.15) is 114 Å². The van der Waals surface area contributed by atoms with Crippen LogP contribution in [0.1, 0.15) is 13.3 Å². The summed E-state index contributed by atoms with van der Waals surface area (Å²) in [5, 5.41) is 9.66. The maximum Gasteiger partial charge on any atom is 0.460 e. The minimum atomic E-state index is -9.78. The van der Waals surface area contributed by atoms with Crippen LogP contribution < -0.4 is 0 Å². The molecule has 296 valence electrons. The minimum absolute atomic E-state index is 0.731. The van der Waals surface area contributed by atoms with Gasteiger partial charge in [0.1, 0.15) is 0 Å². The highest BCUT2D eigenvalue weighted by atomic mass is 32.2. The van der Waals surface area contributed by atoms with E-state index in [1.807, 2.05) is 0 Å². The fourth-order valence-corrected chi connectivity index (χ4v) is 4.68. The molecule has 0 aliphatic heterocycles. The number of rotatable bonds is 17. The van der Waals surface area contributed by atoms with Crippen molar-refractivity contribution >= 4 is 10.0 Å². The van der Waals surface area contributed by atoms with Crippen molar-refractivity contribution in [1.82, 2.24) is 4.31 Å². The summed E-state index contributed by atoms with van der Waals surface area (Å²) in [6, 6.07) is 0. The van der Waals surface area contributed by atoms with Crippen LogP contribution in [0.25, 0.3) is 0 Å². The lowest BCUT2D eigenvalue weighted by Gasteiger charge is -2.45. The van der Waals surface area contributed by atoms with Crippen LogP contribution >= 0.6 is 0 Å². The van der Waals surface area contributed by atoms with E-state index in [2.05, 4.69) is 0 Å². The second-order valence-electron chi connectivity index (χ2n) is 9.46. The Hall–Kier alpha value is -1.92. The van der Waals surface area contributed by atoms with E-state index in [9.17, 15) is 118 Å². The van der Waals surface area contributed by atoms with Gasteiger partial charge < -0.3 is 10.2 Å². The highest BCUT2D eigenvalue weighted by molar-refractivity contribution is 7.90. The summed E-state index contributed by atoms with van der Waals surface area (Å²) in [4.78, 5) is 0. The highest BCUT2D eigenvalue weighted by Gasteiger charge is 3.00. The van der Waals surface area contributed by atoms with Crippen LogP contribution in [0.15, 0.2) is 0 Å². The van der Waals surface area contributed by atoms with Gasteiger partial charge in [-0.05, 0) is 6.42 Å². The molecule has 0 aliphatic rings. The first-order valence-electron chi connectivity index (χ1n) is 11.4. The van der Waals surface area contributed by atoms with Gasteiger partial charge in [-0.15, -0.1) is 0 Å². The van der Waals surface area contributed by atoms with Gasteiger partial charge in [-0.25, -0.2) is 8.42 Å². The minimum Gasteiger partial charge on any atom is -0.394 e. The van der Waals surface area contributed by atoms with Crippen molar-refractivity contribution in [3.05, 3.63) is 0 Å². The predicted octanol–water partition coefficient (Wildman–Crippen LogP) is 6.89. The SMILES string of the molecule is CCCN(CC(O)CO)S(=O)(=O)C(F)(F)C(F)(F)C(F)(F)C(F)(F)C(F)(F)C(F)(F)C(F)(F)C(F)(F)C(F)(F)C(F)(F)C(F)(F)C(F)(F)F. The average Bonchev–Trinajstić information content (AvgIpc) is 2.90. The maximum absolute atomic E-state index is 14.4. The molecule has 49 heavy (non-hydrogen) atoms. The van der Waals surface area contributed by atoms with E-state index >= 15 is 0 Å². The first-order chi connectivity index (χ1) is 20.9. The number of aliphatic hydroxyl groups excluding tert-OH is 2. The quantitative estimate of drug-likeness (QED) is 0.157. The Bertz CT molecular complexity index is 1280. The normalized spacial score (nSPS) is 17.2. The number of nitrogens with zero attached hydrogens (tertiary/aromatic N) is 1. The summed E-state index contributed by atoms with van der Waals surface area (Å²) in [6.07, 6.45) is -11.8. The van der Waals surface area contributed by atoms with Crippen molar-refractivity contribution in [3.63, 3.8) is 0 Å². The second kappa shape index (κ2) is 12.6. The van der Waals surface area contributed by atoms with Crippen LogP contribution in [0, 0.1) is 0 Å². The van der Waals surface area contributed by atoms with Gasteiger partial charge in [-0.1, -0.05) is 6.92 Å². The second-order valence-corrected chi connectivity index (χ2v) is 11.4. The molecule has 0 aromatic heterocycles. The Morgan fingerprint density at radius 3 is 0.959 bits per heavy atom. The molecule has 1 atom stereocenters. The lowest BCUT2D eigenvalue weighted by atomic mass is 9.85. The molecule has 0 radical (unpaired) electrons. The first-order valence-corrected chi connectivity index (χ1v) is 12.9. The summed E-state index contributed by atoms with van der Waals surface area (Å²) in [5.74, 6) is -94.1. The number of sulfonamides is 1. The third-order valence-electron chi connectivity index (χ3n) is 6.03. The van der Waals surface area contributed by atoms with E-state index in [-0.39, 0.29) is 0 Å². The summed E-state index contributed by atoms with van der Waals surface area (Å²) in [7, 11) is -7.84. The molecule has 0 bridgehead atoms. The summed E-state index contributed by atoms with van der Waals surface area (Å²) >= 11 is 0. The van der Waals surface area contributed by atoms with Crippen molar-refractivity contribution in [2.45, 2.75) is 90.1 Å². The van der Waals surface area contributed by atoms with Crippen LogP contribution in [0.4, 0.5) is 110 Å². The van der Waals surface area contributed by atoms with Gasteiger partial charge in [0.15, 0.2) is 0 Å². The van der Waals surface area contributed by atoms with Crippen molar-refractivity contribution in [2.75, 3.05) is 19.7 Å². The van der Waals surface area contributed by atoms with Crippen LogP contribution in [-0.4, -0.2) is 119 Å². The zero-order valence-electron chi connectivity index (χ0n) is 22.4. The molecule has 0 saturated heterocycles. The van der Waals surface area contributed by atoms with Gasteiger partial charge in [0, 0.05) is 13.1 Å². The van der Waals surface area contributed by atoms with E-state index in [1.165, 1.54) is 0 Å². The molecule has 0 amide bonds.